The molecule has 12 nitrogen and oxygen atoms in total. The molecule has 2 atom stereocenters. The lowest BCUT2D eigenvalue weighted by atomic mass is 10.0. The first-order valence-corrected chi connectivity index (χ1v) is 14.2. The first-order chi connectivity index (χ1) is 20.5. The molecule has 1 unspecified atom stereocenters. The van der Waals surface area contributed by atoms with E-state index >= 15 is 0 Å². The van der Waals surface area contributed by atoms with Gasteiger partial charge in [-0.15, -0.1) is 0 Å². The van der Waals surface area contributed by atoms with Crippen molar-refractivity contribution in [3.63, 3.8) is 0 Å². The van der Waals surface area contributed by atoms with Crippen molar-refractivity contribution in [1.82, 2.24) is 20.6 Å². The molecular formula is C32H41N5O7. The van der Waals surface area contributed by atoms with Gasteiger partial charge in [0, 0.05) is 17.5 Å². The number of aliphatic hydroxyl groups is 1. The van der Waals surface area contributed by atoms with Crippen molar-refractivity contribution in [2.45, 2.75) is 77.7 Å². The number of hydrogen-bond donors (Lipinski definition) is 5. The second-order valence-corrected chi connectivity index (χ2v) is 12.4. The highest BCUT2D eigenvalue weighted by atomic mass is 16.6. The summed E-state index contributed by atoms with van der Waals surface area (Å²) in [5, 5.41) is 24.4. The number of aliphatic hydroxyl groups excluding tert-OH is 1. The summed E-state index contributed by atoms with van der Waals surface area (Å²) in [7, 11) is 0. The lowest BCUT2D eigenvalue weighted by Gasteiger charge is -2.22. The molecule has 1 heterocycles. The molecule has 2 amide bonds. The number of carbonyl (C=O) groups is 3. The molecule has 1 aromatic heterocycles. The lowest BCUT2D eigenvalue weighted by molar-refractivity contribution is -0.139. The predicted octanol–water partition coefficient (Wildman–Crippen LogP) is 4.34. The van der Waals surface area contributed by atoms with E-state index < -0.39 is 41.4 Å². The van der Waals surface area contributed by atoms with Crippen molar-refractivity contribution >= 4 is 24.1 Å². The standard InChI is InChI=1S/C32H41N5O7/c1-31(2,3)43-29(41)34-23(18-38)15-19-7-11-21(12-8-19)24-17-25(36-28(33)35-24)22-13-9-20(10-14-22)16-26(27(39)40)37-30(42)44-32(4,5)6/h7-14,17,23,26,38H,15-16,18H2,1-6H3,(H,34,41)(H,37,42)(H,39,40)(H2,33,35,36)/t23-,26?/m0/s1. The number of amides is 2. The Morgan fingerprint density at radius 3 is 1.61 bits per heavy atom. The van der Waals surface area contributed by atoms with Gasteiger partial charge in [-0.3, -0.25) is 0 Å². The highest BCUT2D eigenvalue weighted by molar-refractivity contribution is 5.80. The van der Waals surface area contributed by atoms with Gasteiger partial charge < -0.3 is 36.1 Å². The average molecular weight is 608 g/mol. The summed E-state index contributed by atoms with van der Waals surface area (Å²) in [6.45, 7) is 10.2. The summed E-state index contributed by atoms with van der Waals surface area (Å²) in [6, 6.07) is 14.7. The zero-order valence-corrected chi connectivity index (χ0v) is 25.9. The SMILES string of the molecule is CC(C)(C)OC(=O)NC(Cc1ccc(-c2cc(-c3ccc(C[C@@H](CO)NC(=O)OC(C)(C)C)cc3)nc(N)n2)cc1)C(=O)O. The van der Waals surface area contributed by atoms with Gasteiger partial charge in [-0.1, -0.05) is 48.5 Å². The number of nitrogens with one attached hydrogen (secondary N) is 2. The summed E-state index contributed by atoms with van der Waals surface area (Å²) < 4.78 is 10.5. The van der Waals surface area contributed by atoms with Crippen LogP contribution >= 0.6 is 0 Å². The van der Waals surface area contributed by atoms with E-state index in [1.165, 1.54) is 0 Å². The van der Waals surface area contributed by atoms with Gasteiger partial charge >= 0.3 is 18.2 Å². The molecule has 6 N–H and O–H groups in total. The van der Waals surface area contributed by atoms with Crippen LogP contribution in [0.1, 0.15) is 52.7 Å². The summed E-state index contributed by atoms with van der Waals surface area (Å²) in [5.41, 5.74) is 8.93. The maximum absolute atomic E-state index is 12.1. The minimum atomic E-state index is -1.18. The van der Waals surface area contributed by atoms with Crippen LogP contribution in [0, 0.1) is 0 Å². The van der Waals surface area contributed by atoms with Crippen LogP contribution < -0.4 is 16.4 Å². The van der Waals surface area contributed by atoms with Crippen LogP contribution in [0.5, 0.6) is 0 Å². The topological polar surface area (TPSA) is 186 Å². The molecule has 0 spiro atoms. The maximum atomic E-state index is 12.1. The largest absolute Gasteiger partial charge is 0.480 e. The number of hydrogen-bond acceptors (Lipinski definition) is 9. The number of carboxylic acids is 1. The first kappa shape index (κ1) is 33.8. The van der Waals surface area contributed by atoms with Crippen molar-refractivity contribution in [3.8, 4) is 22.5 Å². The molecule has 0 fully saturated rings. The Hall–Kier alpha value is -4.71. The van der Waals surface area contributed by atoms with Gasteiger partial charge in [-0.25, -0.2) is 24.4 Å². The second kappa shape index (κ2) is 14.2. The third kappa shape index (κ3) is 10.8. The third-order valence-corrected chi connectivity index (χ3v) is 6.10. The second-order valence-electron chi connectivity index (χ2n) is 12.4. The smallest absolute Gasteiger partial charge is 0.408 e. The molecule has 0 radical (unpaired) electrons. The van der Waals surface area contributed by atoms with E-state index in [4.69, 9.17) is 15.2 Å². The number of aliphatic carboxylic acids is 1. The van der Waals surface area contributed by atoms with Crippen molar-refractivity contribution in [1.29, 1.82) is 0 Å². The van der Waals surface area contributed by atoms with E-state index in [0.29, 0.717) is 23.4 Å². The van der Waals surface area contributed by atoms with Crippen molar-refractivity contribution in [2.24, 2.45) is 0 Å². The quantitative estimate of drug-likeness (QED) is 0.222. The minimum Gasteiger partial charge on any atom is -0.480 e. The Bertz CT molecular complexity index is 1450. The fourth-order valence-corrected chi connectivity index (χ4v) is 4.19. The normalized spacial score (nSPS) is 13.0. The predicted molar refractivity (Wildman–Crippen MR) is 166 cm³/mol. The van der Waals surface area contributed by atoms with Crippen molar-refractivity contribution < 1.29 is 34.1 Å². The van der Waals surface area contributed by atoms with E-state index in [0.717, 1.165) is 16.7 Å². The minimum absolute atomic E-state index is 0.0583. The monoisotopic (exact) mass is 607 g/mol. The molecule has 0 bridgehead atoms. The highest BCUT2D eigenvalue weighted by Gasteiger charge is 2.24. The number of carbonyl (C=O) groups excluding carboxylic acids is 2. The van der Waals surface area contributed by atoms with Gasteiger partial charge in [0.15, 0.2) is 0 Å². The van der Waals surface area contributed by atoms with Crippen LogP contribution in [0.15, 0.2) is 54.6 Å². The number of anilines is 1. The summed E-state index contributed by atoms with van der Waals surface area (Å²) in [5.74, 6) is -1.09. The number of alkyl carbamates (subject to hydrolysis) is 2. The van der Waals surface area contributed by atoms with E-state index in [1.54, 1.807) is 71.9 Å². The number of rotatable bonds is 10. The number of aromatic nitrogens is 2. The van der Waals surface area contributed by atoms with Crippen LogP contribution in [-0.2, 0) is 27.1 Å². The molecule has 0 aliphatic heterocycles. The van der Waals surface area contributed by atoms with Crippen molar-refractivity contribution in [2.75, 3.05) is 12.3 Å². The van der Waals surface area contributed by atoms with Gasteiger partial charge in [-0.2, -0.15) is 0 Å². The average Bonchev–Trinajstić information content (AvgIpc) is 2.90. The van der Waals surface area contributed by atoms with Crippen LogP contribution in [0.25, 0.3) is 22.5 Å². The molecule has 3 rings (SSSR count). The fourth-order valence-electron chi connectivity index (χ4n) is 4.19. The first-order valence-electron chi connectivity index (χ1n) is 14.2. The fraction of sp³-hybridized carbons (Fsp3) is 0.406. The van der Waals surface area contributed by atoms with Gasteiger partial charge in [0.2, 0.25) is 5.95 Å². The Kier molecular flexibility index (Phi) is 10.9. The van der Waals surface area contributed by atoms with Crippen LogP contribution in [0.3, 0.4) is 0 Å². The van der Waals surface area contributed by atoms with E-state index in [-0.39, 0.29) is 19.0 Å². The van der Waals surface area contributed by atoms with Gasteiger partial charge in [0.1, 0.15) is 17.2 Å². The summed E-state index contributed by atoms with van der Waals surface area (Å²) in [4.78, 5) is 44.7. The van der Waals surface area contributed by atoms with E-state index in [2.05, 4.69) is 20.6 Å². The van der Waals surface area contributed by atoms with E-state index in [9.17, 15) is 24.6 Å². The molecule has 44 heavy (non-hydrogen) atoms. The molecule has 2 aromatic carbocycles. The van der Waals surface area contributed by atoms with Crippen LogP contribution in [-0.4, -0.2) is 68.2 Å². The number of ether oxygens (including phenoxy) is 2. The lowest BCUT2D eigenvalue weighted by Crippen LogP contribution is -2.44. The number of carboxylic acid groups (broad SMARTS) is 1. The van der Waals surface area contributed by atoms with Crippen LogP contribution in [0.2, 0.25) is 0 Å². The van der Waals surface area contributed by atoms with Crippen molar-refractivity contribution in [3.05, 3.63) is 65.7 Å². The Balaban J connectivity index is 1.71. The van der Waals surface area contributed by atoms with Gasteiger partial charge in [0.05, 0.1) is 24.0 Å². The molecule has 0 aliphatic rings. The Morgan fingerprint density at radius 2 is 1.20 bits per heavy atom. The molecule has 0 saturated carbocycles. The van der Waals surface area contributed by atoms with Gasteiger partial charge in [0.25, 0.3) is 0 Å². The third-order valence-electron chi connectivity index (χ3n) is 6.10. The molecule has 12 heteroatoms. The van der Waals surface area contributed by atoms with Crippen LogP contribution in [0.4, 0.5) is 15.5 Å². The summed E-state index contributed by atoms with van der Waals surface area (Å²) in [6.07, 6.45) is -0.938. The summed E-state index contributed by atoms with van der Waals surface area (Å²) >= 11 is 0. The molecular weight excluding hydrogens is 566 g/mol. The Morgan fingerprint density at radius 1 is 0.773 bits per heavy atom. The number of nitrogen functional groups attached to an aromatic ring is 1. The maximum Gasteiger partial charge on any atom is 0.408 e. The molecule has 0 aliphatic carbocycles. The molecule has 0 saturated heterocycles. The zero-order valence-electron chi connectivity index (χ0n) is 25.9. The Labute approximate surface area is 257 Å². The van der Waals surface area contributed by atoms with Gasteiger partial charge in [-0.05, 0) is 65.2 Å². The highest BCUT2D eigenvalue weighted by Crippen LogP contribution is 2.26. The number of nitrogens with zero attached hydrogens (tertiary/aromatic N) is 2. The zero-order chi connectivity index (χ0) is 32.7. The number of benzene rings is 2. The van der Waals surface area contributed by atoms with E-state index in [1.807, 2.05) is 24.3 Å². The molecule has 236 valence electrons. The number of nitrogens with two attached hydrogens (primary N) is 1. The molecule has 3 aromatic rings.